The van der Waals surface area contributed by atoms with Crippen LogP contribution < -0.4 is 9.64 Å². The molecule has 7 nitrogen and oxygen atoms in total. The highest BCUT2D eigenvalue weighted by molar-refractivity contribution is 6.16. The summed E-state index contributed by atoms with van der Waals surface area (Å²) in [6.45, 7) is 3.43. The molecule has 0 N–H and O–H groups in total. The molecular formula is C17H21NO6. The largest absolute Gasteiger partial charge is 0.496 e. The zero-order chi connectivity index (χ0) is 17.9. The van der Waals surface area contributed by atoms with Gasteiger partial charge in [0.1, 0.15) is 5.75 Å². The Kier molecular flexibility index (Phi) is 5.11. The number of hydrogen-bond donors (Lipinski definition) is 0. The Labute approximate surface area is 140 Å². The molecule has 0 unspecified atom stereocenters. The number of carbonyl (C=O) groups excluding carboxylic acids is 3. The van der Waals surface area contributed by atoms with Crippen LogP contribution in [0.4, 0.5) is 5.69 Å². The van der Waals surface area contributed by atoms with Crippen molar-refractivity contribution in [2.75, 3.05) is 32.3 Å². The molecule has 0 radical (unpaired) electrons. The molecule has 1 aliphatic heterocycles. The minimum Gasteiger partial charge on any atom is -0.496 e. The van der Waals surface area contributed by atoms with Gasteiger partial charge >= 0.3 is 11.9 Å². The van der Waals surface area contributed by atoms with Gasteiger partial charge in [-0.3, -0.25) is 14.4 Å². The van der Waals surface area contributed by atoms with Gasteiger partial charge in [-0.25, -0.2) is 0 Å². The van der Waals surface area contributed by atoms with E-state index in [0.717, 1.165) is 0 Å². The lowest BCUT2D eigenvalue weighted by molar-refractivity contribution is -0.167. The van der Waals surface area contributed by atoms with E-state index in [1.807, 2.05) is 0 Å². The van der Waals surface area contributed by atoms with Crippen molar-refractivity contribution in [2.45, 2.75) is 25.7 Å². The van der Waals surface area contributed by atoms with Crippen molar-refractivity contribution >= 4 is 23.5 Å². The van der Waals surface area contributed by atoms with Crippen molar-refractivity contribution in [1.82, 2.24) is 0 Å². The molecular weight excluding hydrogens is 314 g/mol. The smallest absolute Gasteiger partial charge is 0.328 e. The standard InChI is InChI=1S/C17H21NO6/c1-5-23-15(20)17(16(21)24-6-2)10-13(19)18(3)11-8-7-9-12(22-4)14(11)17/h7-9H,5-6,10H2,1-4H3. The Morgan fingerprint density at radius 1 is 1.17 bits per heavy atom. The molecule has 24 heavy (non-hydrogen) atoms. The second-order valence-corrected chi connectivity index (χ2v) is 5.33. The number of ether oxygens (including phenoxy) is 3. The summed E-state index contributed by atoms with van der Waals surface area (Å²) in [5.41, 5.74) is -1.14. The van der Waals surface area contributed by atoms with Gasteiger partial charge in [-0.05, 0) is 26.0 Å². The average molecular weight is 335 g/mol. The number of benzene rings is 1. The molecule has 0 fully saturated rings. The van der Waals surface area contributed by atoms with Gasteiger partial charge < -0.3 is 19.1 Å². The first-order valence-corrected chi connectivity index (χ1v) is 7.72. The van der Waals surface area contributed by atoms with Crippen molar-refractivity contribution in [1.29, 1.82) is 0 Å². The first-order valence-electron chi connectivity index (χ1n) is 7.72. The Morgan fingerprint density at radius 2 is 1.75 bits per heavy atom. The predicted octanol–water partition coefficient (Wildman–Crippen LogP) is 1.43. The van der Waals surface area contributed by atoms with Gasteiger partial charge in [0.15, 0.2) is 0 Å². The second-order valence-electron chi connectivity index (χ2n) is 5.33. The number of amides is 1. The molecule has 1 amide bonds. The highest BCUT2D eigenvalue weighted by Crippen LogP contribution is 2.46. The van der Waals surface area contributed by atoms with E-state index >= 15 is 0 Å². The molecule has 0 saturated heterocycles. The van der Waals surface area contributed by atoms with Crippen LogP contribution in [0, 0.1) is 0 Å². The number of hydrogen-bond acceptors (Lipinski definition) is 6. The van der Waals surface area contributed by atoms with Crippen molar-refractivity contribution in [3.05, 3.63) is 23.8 Å². The fourth-order valence-electron chi connectivity index (χ4n) is 2.91. The summed E-state index contributed by atoms with van der Waals surface area (Å²) in [6.07, 6.45) is -0.367. The van der Waals surface area contributed by atoms with Gasteiger partial charge in [0.2, 0.25) is 11.3 Å². The number of fused-ring (bicyclic) bond motifs is 1. The molecule has 0 aromatic heterocycles. The molecule has 7 heteroatoms. The first-order chi connectivity index (χ1) is 11.4. The van der Waals surface area contributed by atoms with E-state index in [2.05, 4.69) is 0 Å². The van der Waals surface area contributed by atoms with Crippen molar-refractivity contribution in [3.63, 3.8) is 0 Å². The molecule has 0 saturated carbocycles. The number of methoxy groups -OCH3 is 1. The molecule has 1 heterocycles. The molecule has 0 spiro atoms. The van der Waals surface area contributed by atoms with Crippen LogP contribution in [0.3, 0.4) is 0 Å². The quantitative estimate of drug-likeness (QED) is 0.598. The van der Waals surface area contributed by atoms with E-state index in [-0.39, 0.29) is 25.5 Å². The van der Waals surface area contributed by atoms with E-state index in [1.54, 1.807) is 39.1 Å². The summed E-state index contributed by atoms with van der Waals surface area (Å²) < 4.78 is 15.6. The number of carbonyl (C=O) groups is 3. The van der Waals surface area contributed by atoms with Crippen molar-refractivity contribution < 1.29 is 28.6 Å². The number of nitrogens with zero attached hydrogens (tertiary/aromatic N) is 1. The van der Waals surface area contributed by atoms with Gasteiger partial charge in [0.05, 0.1) is 32.4 Å². The minimum absolute atomic E-state index is 0.0779. The number of rotatable bonds is 5. The maximum atomic E-state index is 12.8. The highest BCUT2D eigenvalue weighted by atomic mass is 16.6. The van der Waals surface area contributed by atoms with Crippen LogP contribution >= 0.6 is 0 Å². The third-order valence-corrected chi connectivity index (χ3v) is 4.05. The fourth-order valence-corrected chi connectivity index (χ4v) is 2.91. The zero-order valence-electron chi connectivity index (χ0n) is 14.3. The molecule has 1 aliphatic rings. The van der Waals surface area contributed by atoms with Gasteiger partial charge in [0.25, 0.3) is 0 Å². The summed E-state index contributed by atoms with van der Waals surface area (Å²) in [5.74, 6) is -1.67. The van der Waals surface area contributed by atoms with E-state index in [9.17, 15) is 14.4 Å². The monoisotopic (exact) mass is 335 g/mol. The highest BCUT2D eigenvalue weighted by Gasteiger charge is 2.58. The lowest BCUT2D eigenvalue weighted by Gasteiger charge is -2.38. The third kappa shape index (κ3) is 2.60. The van der Waals surface area contributed by atoms with Gasteiger partial charge in [-0.1, -0.05) is 6.07 Å². The molecule has 1 aromatic rings. The summed E-state index contributed by atoms with van der Waals surface area (Å²) in [6, 6.07) is 4.98. The summed E-state index contributed by atoms with van der Waals surface area (Å²) in [5, 5.41) is 0. The number of esters is 2. The first kappa shape index (κ1) is 17.8. The van der Waals surface area contributed by atoms with Crippen LogP contribution in [0.1, 0.15) is 25.8 Å². The van der Waals surface area contributed by atoms with E-state index < -0.39 is 17.4 Å². The van der Waals surface area contributed by atoms with Gasteiger partial charge in [-0.15, -0.1) is 0 Å². The maximum absolute atomic E-state index is 12.8. The topological polar surface area (TPSA) is 82.1 Å². The Balaban J connectivity index is 2.80. The van der Waals surface area contributed by atoms with Crippen LogP contribution in [0.5, 0.6) is 5.75 Å². The molecule has 1 aromatic carbocycles. The van der Waals surface area contributed by atoms with Crippen molar-refractivity contribution in [3.8, 4) is 5.75 Å². The molecule has 0 aliphatic carbocycles. The van der Waals surface area contributed by atoms with Crippen LogP contribution in [0.2, 0.25) is 0 Å². The Hall–Kier alpha value is -2.57. The lowest BCUT2D eigenvalue weighted by Crippen LogP contribution is -2.53. The van der Waals surface area contributed by atoms with E-state index in [1.165, 1.54) is 12.0 Å². The summed E-state index contributed by atoms with van der Waals surface area (Å²) in [4.78, 5) is 39.4. The maximum Gasteiger partial charge on any atom is 0.328 e. The van der Waals surface area contributed by atoms with Crippen LogP contribution in [0.15, 0.2) is 18.2 Å². The SMILES string of the molecule is CCOC(=O)C1(C(=O)OCC)CC(=O)N(C)c2cccc(OC)c21. The Bertz CT molecular complexity index is 651. The van der Waals surface area contributed by atoms with Crippen LogP contribution in [-0.2, 0) is 29.3 Å². The molecule has 2 rings (SSSR count). The van der Waals surface area contributed by atoms with E-state index in [0.29, 0.717) is 17.0 Å². The zero-order valence-corrected chi connectivity index (χ0v) is 14.3. The van der Waals surface area contributed by atoms with Crippen LogP contribution in [-0.4, -0.2) is 45.2 Å². The third-order valence-electron chi connectivity index (χ3n) is 4.05. The van der Waals surface area contributed by atoms with Crippen LogP contribution in [0.25, 0.3) is 0 Å². The molecule has 0 atom stereocenters. The molecule has 130 valence electrons. The second kappa shape index (κ2) is 6.90. The number of anilines is 1. The fraction of sp³-hybridized carbons (Fsp3) is 0.471. The summed E-state index contributed by atoms with van der Waals surface area (Å²) in [7, 11) is 3.02. The average Bonchev–Trinajstić information content (AvgIpc) is 2.57. The van der Waals surface area contributed by atoms with Gasteiger partial charge in [0, 0.05) is 12.6 Å². The molecule has 0 bridgehead atoms. The Morgan fingerprint density at radius 3 is 2.25 bits per heavy atom. The normalized spacial score (nSPS) is 15.5. The van der Waals surface area contributed by atoms with Crippen molar-refractivity contribution in [2.24, 2.45) is 0 Å². The lowest BCUT2D eigenvalue weighted by atomic mass is 9.73. The van der Waals surface area contributed by atoms with Gasteiger partial charge in [-0.2, -0.15) is 0 Å². The minimum atomic E-state index is -1.86. The summed E-state index contributed by atoms with van der Waals surface area (Å²) >= 11 is 0. The van der Waals surface area contributed by atoms with E-state index in [4.69, 9.17) is 14.2 Å². The predicted molar refractivity (Wildman–Crippen MR) is 86.0 cm³/mol.